The first kappa shape index (κ1) is 6.70. The number of rotatable bonds is 1. The molecule has 0 aliphatic carbocycles. The second-order valence-electron chi connectivity index (χ2n) is 1.96. The highest BCUT2D eigenvalue weighted by atomic mass is 16.5. The van der Waals surface area contributed by atoms with Crippen LogP contribution in [0, 0.1) is 0 Å². The molecule has 0 amide bonds. The van der Waals surface area contributed by atoms with Gasteiger partial charge in [-0.2, -0.15) is 0 Å². The molecule has 0 heterocycles. The van der Waals surface area contributed by atoms with Crippen molar-refractivity contribution in [2.24, 2.45) is 0 Å². The molecule has 0 radical (unpaired) electrons. The molecule has 4 heteroatoms. The van der Waals surface area contributed by atoms with Crippen LogP contribution in [0.4, 0.5) is 17.1 Å². The zero-order valence-electron chi connectivity index (χ0n) is 5.33. The highest BCUT2D eigenvalue weighted by molar-refractivity contribution is 5.69. The zero-order chi connectivity index (χ0) is 7.56. The van der Waals surface area contributed by atoms with Crippen LogP contribution in [0.1, 0.15) is 0 Å². The molecule has 4 nitrogen and oxygen atoms in total. The van der Waals surface area contributed by atoms with Crippen LogP contribution in [-0.2, 0) is 0 Å². The van der Waals surface area contributed by atoms with Crippen molar-refractivity contribution in [1.29, 1.82) is 0 Å². The van der Waals surface area contributed by atoms with Gasteiger partial charge in [0.1, 0.15) is 0 Å². The quantitative estimate of drug-likeness (QED) is 0.340. The van der Waals surface area contributed by atoms with E-state index in [1.807, 2.05) is 5.48 Å². The van der Waals surface area contributed by atoms with Crippen molar-refractivity contribution in [2.45, 2.75) is 0 Å². The third kappa shape index (κ3) is 1.11. The Balaban J connectivity index is 3.07. The lowest BCUT2D eigenvalue weighted by molar-refractivity contribution is 0.389. The Labute approximate surface area is 58.4 Å². The van der Waals surface area contributed by atoms with E-state index in [0.29, 0.717) is 17.1 Å². The van der Waals surface area contributed by atoms with Crippen LogP contribution in [0.25, 0.3) is 0 Å². The number of nitrogens with one attached hydrogen (secondary N) is 1. The molecule has 6 N–H and O–H groups in total. The first-order chi connectivity index (χ1) is 4.74. The minimum absolute atomic E-state index is 0.433. The number of hydrogen-bond acceptors (Lipinski definition) is 4. The molecule has 54 valence electrons. The predicted octanol–water partition coefficient (Wildman–Crippen LogP) is 0.652. The monoisotopic (exact) mass is 139 g/mol. The van der Waals surface area contributed by atoms with Crippen LogP contribution < -0.4 is 16.9 Å². The van der Waals surface area contributed by atoms with Crippen molar-refractivity contribution >= 4 is 17.1 Å². The van der Waals surface area contributed by atoms with Crippen LogP contribution in [0.3, 0.4) is 0 Å². The van der Waals surface area contributed by atoms with Gasteiger partial charge in [0.05, 0.1) is 11.4 Å². The maximum Gasteiger partial charge on any atom is 0.0832 e. The summed E-state index contributed by atoms with van der Waals surface area (Å²) in [6.45, 7) is 0. The average molecular weight is 139 g/mol. The highest BCUT2D eigenvalue weighted by Crippen LogP contribution is 2.19. The van der Waals surface area contributed by atoms with Crippen LogP contribution in [0.15, 0.2) is 18.2 Å². The SMILES string of the molecule is Nc1ccc(NO)c(N)c1. The molecule has 0 unspecified atom stereocenters. The summed E-state index contributed by atoms with van der Waals surface area (Å²) in [5.41, 5.74) is 14.2. The van der Waals surface area contributed by atoms with Crippen molar-refractivity contribution in [3.8, 4) is 0 Å². The lowest BCUT2D eigenvalue weighted by Crippen LogP contribution is -1.97. The summed E-state index contributed by atoms with van der Waals surface area (Å²) >= 11 is 0. The van der Waals surface area contributed by atoms with E-state index in [-0.39, 0.29) is 0 Å². The standard InChI is InChI=1S/C6H9N3O/c7-4-1-2-6(9-10)5(8)3-4/h1-3,9-10H,7-8H2. The van der Waals surface area contributed by atoms with Gasteiger partial charge in [0.15, 0.2) is 0 Å². The van der Waals surface area contributed by atoms with Gasteiger partial charge in [-0.3, -0.25) is 10.7 Å². The number of nitrogens with two attached hydrogens (primary N) is 2. The van der Waals surface area contributed by atoms with E-state index in [0.717, 1.165) is 0 Å². The molecule has 0 aliphatic rings. The fraction of sp³-hybridized carbons (Fsp3) is 0. The summed E-state index contributed by atoms with van der Waals surface area (Å²) in [5.74, 6) is 0. The van der Waals surface area contributed by atoms with Crippen molar-refractivity contribution < 1.29 is 5.21 Å². The molecular weight excluding hydrogens is 130 g/mol. The number of nitrogen functional groups attached to an aromatic ring is 2. The Morgan fingerprint density at radius 1 is 1.30 bits per heavy atom. The van der Waals surface area contributed by atoms with Gasteiger partial charge in [0.2, 0.25) is 0 Å². The van der Waals surface area contributed by atoms with Crippen molar-refractivity contribution in [3.05, 3.63) is 18.2 Å². The maximum atomic E-state index is 8.44. The van der Waals surface area contributed by atoms with Gasteiger partial charge in [-0.25, -0.2) is 0 Å². The largest absolute Gasteiger partial charge is 0.399 e. The van der Waals surface area contributed by atoms with Gasteiger partial charge >= 0.3 is 0 Å². The van der Waals surface area contributed by atoms with Gasteiger partial charge in [-0.05, 0) is 18.2 Å². The van der Waals surface area contributed by atoms with Crippen molar-refractivity contribution in [3.63, 3.8) is 0 Å². The Morgan fingerprint density at radius 2 is 2.00 bits per heavy atom. The second-order valence-corrected chi connectivity index (χ2v) is 1.96. The van der Waals surface area contributed by atoms with Crippen LogP contribution >= 0.6 is 0 Å². The summed E-state index contributed by atoms with van der Waals surface area (Å²) in [6.07, 6.45) is 0. The van der Waals surface area contributed by atoms with E-state index in [2.05, 4.69) is 0 Å². The lowest BCUT2D eigenvalue weighted by Gasteiger charge is -2.02. The molecule has 0 aliphatic heterocycles. The third-order valence-electron chi connectivity index (χ3n) is 1.20. The first-order valence-electron chi connectivity index (χ1n) is 2.79. The topological polar surface area (TPSA) is 84.3 Å². The molecule has 0 atom stereocenters. The van der Waals surface area contributed by atoms with E-state index in [1.165, 1.54) is 0 Å². The van der Waals surface area contributed by atoms with Gasteiger partial charge in [-0.1, -0.05) is 0 Å². The zero-order valence-corrected chi connectivity index (χ0v) is 5.33. The van der Waals surface area contributed by atoms with Crippen molar-refractivity contribution in [1.82, 2.24) is 0 Å². The second kappa shape index (κ2) is 2.45. The molecule has 0 bridgehead atoms. The fourth-order valence-electron chi connectivity index (χ4n) is 0.683. The van der Waals surface area contributed by atoms with Crippen LogP contribution in [0.2, 0.25) is 0 Å². The average Bonchev–Trinajstić information content (AvgIpc) is 1.88. The molecule has 0 saturated heterocycles. The van der Waals surface area contributed by atoms with Gasteiger partial charge in [0.25, 0.3) is 0 Å². The smallest absolute Gasteiger partial charge is 0.0832 e. The summed E-state index contributed by atoms with van der Waals surface area (Å²) in [4.78, 5) is 0. The summed E-state index contributed by atoms with van der Waals surface area (Å²) < 4.78 is 0. The number of hydrogen-bond donors (Lipinski definition) is 4. The van der Waals surface area contributed by atoms with E-state index in [9.17, 15) is 0 Å². The molecule has 0 aromatic heterocycles. The van der Waals surface area contributed by atoms with E-state index < -0.39 is 0 Å². The van der Waals surface area contributed by atoms with Crippen LogP contribution in [0.5, 0.6) is 0 Å². The number of anilines is 3. The summed E-state index contributed by atoms with van der Waals surface area (Å²) in [6, 6.07) is 4.82. The predicted molar refractivity (Wildman–Crippen MR) is 40.7 cm³/mol. The van der Waals surface area contributed by atoms with Gasteiger partial charge < -0.3 is 11.5 Å². The lowest BCUT2D eigenvalue weighted by atomic mass is 10.2. The molecular formula is C6H9N3O. The molecule has 0 fully saturated rings. The van der Waals surface area contributed by atoms with Gasteiger partial charge in [-0.15, -0.1) is 0 Å². The Kier molecular flexibility index (Phi) is 1.64. The third-order valence-corrected chi connectivity index (χ3v) is 1.20. The molecule has 0 spiro atoms. The minimum atomic E-state index is 0.433. The van der Waals surface area contributed by atoms with Gasteiger partial charge in [0, 0.05) is 5.69 Å². The number of benzene rings is 1. The van der Waals surface area contributed by atoms with E-state index in [4.69, 9.17) is 16.7 Å². The molecule has 1 aromatic carbocycles. The molecule has 1 aromatic rings. The summed E-state index contributed by atoms with van der Waals surface area (Å²) in [5, 5.41) is 8.44. The molecule has 10 heavy (non-hydrogen) atoms. The Bertz CT molecular complexity index is 236. The minimum Gasteiger partial charge on any atom is -0.399 e. The molecule has 0 saturated carbocycles. The highest BCUT2D eigenvalue weighted by Gasteiger charge is 1.95. The maximum absolute atomic E-state index is 8.44. The Hall–Kier alpha value is -1.42. The summed E-state index contributed by atoms with van der Waals surface area (Å²) in [7, 11) is 0. The normalized spacial score (nSPS) is 9.30. The first-order valence-corrected chi connectivity index (χ1v) is 2.79. The van der Waals surface area contributed by atoms with E-state index >= 15 is 0 Å². The molecule has 1 rings (SSSR count). The van der Waals surface area contributed by atoms with Crippen LogP contribution in [-0.4, -0.2) is 5.21 Å². The fourth-order valence-corrected chi connectivity index (χ4v) is 0.683. The van der Waals surface area contributed by atoms with Crippen molar-refractivity contribution in [2.75, 3.05) is 16.9 Å². The Morgan fingerprint density at radius 3 is 2.50 bits per heavy atom. The van der Waals surface area contributed by atoms with E-state index in [1.54, 1.807) is 18.2 Å².